The zero-order valence-corrected chi connectivity index (χ0v) is 13.6. The summed E-state index contributed by atoms with van der Waals surface area (Å²) in [5.41, 5.74) is 2.44. The number of carbonyl (C=O) groups is 1. The molecule has 0 radical (unpaired) electrons. The number of nitrogens with one attached hydrogen (secondary N) is 1. The van der Waals surface area contributed by atoms with Crippen molar-refractivity contribution < 1.29 is 9.90 Å². The summed E-state index contributed by atoms with van der Waals surface area (Å²) in [5, 5.41) is 9.59. The smallest absolute Gasteiger partial charge is 0.323 e. The molecule has 0 aromatic carbocycles. The maximum absolute atomic E-state index is 12.2. The number of thioether (sulfide) groups is 1. The van der Waals surface area contributed by atoms with Crippen molar-refractivity contribution in [3.8, 4) is 0 Å². The first-order valence-electron chi connectivity index (χ1n) is 7.31. The van der Waals surface area contributed by atoms with Gasteiger partial charge < -0.3 is 14.7 Å². The van der Waals surface area contributed by atoms with Crippen molar-refractivity contribution in [2.75, 3.05) is 12.8 Å². The van der Waals surface area contributed by atoms with Crippen molar-refractivity contribution in [1.29, 1.82) is 0 Å². The number of fused-ring (bicyclic) bond motifs is 1. The van der Waals surface area contributed by atoms with Crippen LogP contribution in [0.5, 0.6) is 0 Å². The summed E-state index contributed by atoms with van der Waals surface area (Å²) >= 11 is 1.43. The van der Waals surface area contributed by atoms with Gasteiger partial charge in [-0.25, -0.2) is 4.98 Å². The molecule has 7 nitrogen and oxygen atoms in total. The highest BCUT2D eigenvalue weighted by Crippen LogP contribution is 2.18. The predicted octanol–water partition coefficient (Wildman–Crippen LogP) is 0.936. The van der Waals surface area contributed by atoms with Gasteiger partial charge in [-0.15, -0.1) is 0 Å². The molecule has 0 amide bonds. The summed E-state index contributed by atoms with van der Waals surface area (Å²) in [4.78, 5) is 32.5. The van der Waals surface area contributed by atoms with Gasteiger partial charge in [-0.05, 0) is 18.4 Å². The van der Waals surface area contributed by atoms with Crippen LogP contribution in [-0.2, 0) is 30.8 Å². The van der Waals surface area contributed by atoms with Crippen LogP contribution in [0.2, 0.25) is 0 Å². The van der Waals surface area contributed by atoms with E-state index in [-0.39, 0.29) is 12.1 Å². The third kappa shape index (κ3) is 3.48. The lowest BCUT2D eigenvalue weighted by atomic mass is 10.1. The van der Waals surface area contributed by atoms with Gasteiger partial charge in [0.1, 0.15) is 6.54 Å². The van der Waals surface area contributed by atoms with Crippen LogP contribution in [0.25, 0.3) is 0 Å². The molecule has 23 heavy (non-hydrogen) atoms. The number of carboxylic acids is 1. The summed E-state index contributed by atoms with van der Waals surface area (Å²) < 4.78 is 1.72. The number of aromatic amines is 1. The Kier molecular flexibility index (Phi) is 4.53. The van der Waals surface area contributed by atoms with E-state index >= 15 is 0 Å². The lowest BCUT2D eigenvalue weighted by Crippen LogP contribution is -2.36. The van der Waals surface area contributed by atoms with Crippen LogP contribution >= 0.6 is 11.8 Å². The fourth-order valence-corrected chi connectivity index (χ4v) is 3.21. The second kappa shape index (κ2) is 6.59. The van der Waals surface area contributed by atoms with Crippen LogP contribution in [0.1, 0.15) is 17.0 Å². The van der Waals surface area contributed by atoms with Crippen LogP contribution in [0.4, 0.5) is 0 Å². The van der Waals surface area contributed by atoms with Gasteiger partial charge in [0, 0.05) is 37.9 Å². The normalized spacial score (nSPS) is 14.7. The molecule has 1 aliphatic rings. The maximum Gasteiger partial charge on any atom is 0.323 e. The van der Waals surface area contributed by atoms with Crippen molar-refractivity contribution in [3.63, 3.8) is 0 Å². The third-order valence-corrected chi connectivity index (χ3v) is 4.51. The lowest BCUT2D eigenvalue weighted by Gasteiger charge is -2.27. The van der Waals surface area contributed by atoms with Gasteiger partial charge in [0.2, 0.25) is 0 Å². The molecule has 3 rings (SSSR count). The number of hydrogen-bond acceptors (Lipinski definition) is 5. The van der Waals surface area contributed by atoms with Gasteiger partial charge in [-0.3, -0.25) is 14.5 Å². The highest BCUT2D eigenvalue weighted by atomic mass is 32.2. The van der Waals surface area contributed by atoms with Gasteiger partial charge in [0.15, 0.2) is 5.16 Å². The highest BCUT2D eigenvalue weighted by Gasteiger charge is 2.22. The third-order valence-electron chi connectivity index (χ3n) is 3.93. The Morgan fingerprint density at radius 1 is 1.52 bits per heavy atom. The van der Waals surface area contributed by atoms with E-state index in [1.54, 1.807) is 10.8 Å². The van der Waals surface area contributed by atoms with Crippen LogP contribution in [0.3, 0.4) is 0 Å². The average Bonchev–Trinajstić information content (AvgIpc) is 2.94. The van der Waals surface area contributed by atoms with E-state index in [9.17, 15) is 9.59 Å². The van der Waals surface area contributed by atoms with Gasteiger partial charge in [0.05, 0.1) is 11.3 Å². The van der Waals surface area contributed by atoms with E-state index in [1.807, 2.05) is 18.4 Å². The first-order chi connectivity index (χ1) is 11.1. The van der Waals surface area contributed by atoms with Crippen LogP contribution in [0.15, 0.2) is 28.3 Å². The molecule has 3 heterocycles. The Balaban J connectivity index is 1.77. The standard InChI is InChI=1S/C15H18N4O3S/c1-23-15-16-12-4-6-18(8-11(12)14(22)17-15)7-10-3-2-5-19(10)9-13(20)21/h2-3,5H,4,6-9H2,1H3,(H,20,21)(H,16,17,22). The van der Waals surface area contributed by atoms with Gasteiger partial charge in [-0.1, -0.05) is 11.8 Å². The van der Waals surface area contributed by atoms with Crippen molar-refractivity contribution in [1.82, 2.24) is 19.4 Å². The molecule has 0 saturated carbocycles. The molecule has 0 atom stereocenters. The van der Waals surface area contributed by atoms with Gasteiger partial charge in [0.25, 0.3) is 5.56 Å². The van der Waals surface area contributed by atoms with Gasteiger partial charge in [-0.2, -0.15) is 0 Å². The molecule has 8 heteroatoms. The largest absolute Gasteiger partial charge is 0.480 e. The number of aliphatic carboxylic acids is 1. The Labute approximate surface area is 137 Å². The minimum atomic E-state index is -0.864. The first-order valence-corrected chi connectivity index (χ1v) is 8.53. The number of hydrogen-bond donors (Lipinski definition) is 2. The minimum absolute atomic E-state index is 0.0496. The lowest BCUT2D eigenvalue weighted by molar-refractivity contribution is -0.137. The van der Waals surface area contributed by atoms with E-state index in [4.69, 9.17) is 5.11 Å². The first kappa shape index (κ1) is 15.8. The Morgan fingerprint density at radius 2 is 2.35 bits per heavy atom. The summed E-state index contributed by atoms with van der Waals surface area (Å²) in [6, 6.07) is 3.76. The number of nitrogens with zero attached hydrogens (tertiary/aromatic N) is 3. The molecule has 0 saturated heterocycles. The second-order valence-electron chi connectivity index (χ2n) is 5.48. The topological polar surface area (TPSA) is 91.2 Å². The van der Waals surface area contributed by atoms with Crippen molar-refractivity contribution in [3.05, 3.63) is 45.6 Å². The molecule has 2 N–H and O–H groups in total. The fourth-order valence-electron chi connectivity index (χ4n) is 2.81. The average molecular weight is 334 g/mol. The molecule has 0 spiro atoms. The van der Waals surface area contributed by atoms with Crippen molar-refractivity contribution >= 4 is 17.7 Å². The molecule has 2 aromatic heterocycles. The molecule has 122 valence electrons. The summed E-state index contributed by atoms with van der Waals surface area (Å²) in [5.74, 6) is -0.864. The van der Waals surface area contributed by atoms with E-state index in [0.717, 1.165) is 24.4 Å². The molecule has 1 aliphatic heterocycles. The highest BCUT2D eigenvalue weighted by molar-refractivity contribution is 7.98. The molecule has 0 unspecified atom stereocenters. The summed E-state index contributed by atoms with van der Waals surface area (Å²) in [6.45, 7) is 1.90. The fraction of sp³-hybridized carbons (Fsp3) is 0.400. The van der Waals surface area contributed by atoms with Crippen molar-refractivity contribution in [2.45, 2.75) is 31.2 Å². The Bertz CT molecular complexity index is 783. The zero-order valence-electron chi connectivity index (χ0n) is 12.8. The minimum Gasteiger partial charge on any atom is -0.480 e. The van der Waals surface area contributed by atoms with Crippen LogP contribution in [-0.4, -0.2) is 43.3 Å². The molecule has 0 fully saturated rings. The Morgan fingerprint density at radius 3 is 3.09 bits per heavy atom. The SMILES string of the molecule is CSc1nc2c(c(=O)[nH]1)CN(Cc1cccn1CC(=O)O)CC2. The number of rotatable bonds is 5. The molecule has 2 aromatic rings. The molecule has 0 bridgehead atoms. The van der Waals surface area contributed by atoms with E-state index in [1.165, 1.54) is 11.8 Å². The van der Waals surface area contributed by atoms with E-state index in [2.05, 4.69) is 14.9 Å². The number of H-pyrrole nitrogens is 1. The quantitative estimate of drug-likeness (QED) is 0.624. The number of aromatic nitrogens is 3. The van der Waals surface area contributed by atoms with Crippen LogP contribution in [0, 0.1) is 0 Å². The maximum atomic E-state index is 12.2. The Hall–Kier alpha value is -2.06. The van der Waals surface area contributed by atoms with E-state index < -0.39 is 5.97 Å². The van der Waals surface area contributed by atoms with Crippen LogP contribution < -0.4 is 5.56 Å². The van der Waals surface area contributed by atoms with E-state index in [0.29, 0.717) is 23.8 Å². The predicted molar refractivity (Wildman–Crippen MR) is 86.5 cm³/mol. The summed E-state index contributed by atoms with van der Waals surface area (Å²) in [7, 11) is 0. The molecular weight excluding hydrogens is 316 g/mol. The number of carboxylic acid groups (broad SMARTS) is 1. The zero-order chi connectivity index (χ0) is 16.4. The van der Waals surface area contributed by atoms with Crippen molar-refractivity contribution in [2.24, 2.45) is 0 Å². The van der Waals surface area contributed by atoms with Gasteiger partial charge >= 0.3 is 5.97 Å². The summed E-state index contributed by atoms with van der Waals surface area (Å²) in [6.07, 6.45) is 4.38. The molecule has 0 aliphatic carbocycles. The second-order valence-corrected chi connectivity index (χ2v) is 6.28. The monoisotopic (exact) mass is 334 g/mol. The molecular formula is C15H18N4O3S.